The summed E-state index contributed by atoms with van der Waals surface area (Å²) in [5.41, 5.74) is 5.37. The van der Waals surface area contributed by atoms with Crippen LogP contribution in [0.3, 0.4) is 0 Å². The van der Waals surface area contributed by atoms with Crippen molar-refractivity contribution in [1.82, 2.24) is 4.72 Å². The van der Waals surface area contributed by atoms with E-state index in [1.165, 1.54) is 12.1 Å². The summed E-state index contributed by atoms with van der Waals surface area (Å²) in [7, 11) is -3.68. The third-order valence-corrected chi connectivity index (χ3v) is 5.02. The molecule has 2 rings (SSSR count). The third kappa shape index (κ3) is 4.27. The summed E-state index contributed by atoms with van der Waals surface area (Å²) in [4.78, 5) is -0.0821. The van der Waals surface area contributed by atoms with E-state index < -0.39 is 15.8 Å². The maximum Gasteiger partial charge on any atom is 0.240 e. The summed E-state index contributed by atoms with van der Waals surface area (Å²) in [5, 5.41) is 0. The zero-order valence-corrected chi connectivity index (χ0v) is 12.7. The van der Waals surface area contributed by atoms with Gasteiger partial charge in [0, 0.05) is 6.54 Å². The van der Waals surface area contributed by atoms with E-state index in [9.17, 15) is 12.8 Å². The maximum atomic E-state index is 13.8. The van der Waals surface area contributed by atoms with Gasteiger partial charge in [0.25, 0.3) is 0 Å². The van der Waals surface area contributed by atoms with Gasteiger partial charge in [-0.25, -0.2) is 17.5 Å². The second kappa shape index (κ2) is 6.56. The van der Waals surface area contributed by atoms with E-state index in [-0.39, 0.29) is 17.0 Å². The monoisotopic (exact) mass is 310 g/mol. The molecule has 21 heavy (non-hydrogen) atoms. The molecule has 1 atom stereocenters. The van der Waals surface area contributed by atoms with Crippen LogP contribution in [0, 0.1) is 29.5 Å². The third-order valence-electron chi connectivity index (χ3n) is 3.60. The molecule has 1 fully saturated rings. The van der Waals surface area contributed by atoms with Crippen molar-refractivity contribution < 1.29 is 12.8 Å². The minimum atomic E-state index is -3.68. The van der Waals surface area contributed by atoms with Crippen LogP contribution in [0.1, 0.15) is 25.3 Å². The molecule has 114 valence electrons. The van der Waals surface area contributed by atoms with Gasteiger partial charge in [0.2, 0.25) is 10.0 Å². The molecule has 1 unspecified atom stereocenters. The lowest BCUT2D eigenvalue weighted by Crippen LogP contribution is -2.29. The summed E-state index contributed by atoms with van der Waals surface area (Å²) in [6, 6.07) is 3.70. The Hall–Kier alpha value is -1.42. The molecule has 0 spiro atoms. The standard InChI is InChI=1S/C15H19FN2O2S/c1-11(12-4-5-12)10-18-21(19,20)14-7-6-13(3-2-8-17)15(16)9-14/h6-7,9,11-12,18H,4-5,8,10,17H2,1H3. The second-order valence-corrected chi connectivity index (χ2v) is 7.08. The normalized spacial score (nSPS) is 16.1. The van der Waals surface area contributed by atoms with Crippen LogP contribution >= 0.6 is 0 Å². The number of halogens is 1. The molecule has 0 radical (unpaired) electrons. The van der Waals surface area contributed by atoms with Crippen molar-refractivity contribution in [3.8, 4) is 11.8 Å². The predicted octanol–water partition coefficient (Wildman–Crippen LogP) is 1.46. The van der Waals surface area contributed by atoms with Crippen molar-refractivity contribution >= 4 is 10.0 Å². The summed E-state index contributed by atoms with van der Waals surface area (Å²) in [5.74, 6) is 5.35. The van der Waals surface area contributed by atoms with Crippen LogP contribution in [-0.4, -0.2) is 21.5 Å². The Labute approximate surface area is 125 Å². The van der Waals surface area contributed by atoms with Crippen LogP contribution in [0.25, 0.3) is 0 Å². The summed E-state index contributed by atoms with van der Waals surface area (Å²) < 4.78 is 40.6. The Morgan fingerprint density at radius 2 is 2.19 bits per heavy atom. The highest BCUT2D eigenvalue weighted by atomic mass is 32.2. The van der Waals surface area contributed by atoms with Gasteiger partial charge in [-0.1, -0.05) is 18.8 Å². The molecule has 1 aromatic rings. The van der Waals surface area contributed by atoms with Gasteiger partial charge in [0.1, 0.15) is 5.82 Å². The molecule has 3 N–H and O–H groups in total. The van der Waals surface area contributed by atoms with Crippen molar-refractivity contribution in [2.45, 2.75) is 24.7 Å². The van der Waals surface area contributed by atoms with Crippen LogP contribution in [0.2, 0.25) is 0 Å². The second-order valence-electron chi connectivity index (χ2n) is 5.31. The largest absolute Gasteiger partial charge is 0.320 e. The highest BCUT2D eigenvalue weighted by Gasteiger charge is 2.28. The fourth-order valence-corrected chi connectivity index (χ4v) is 3.22. The smallest absolute Gasteiger partial charge is 0.240 e. The Morgan fingerprint density at radius 1 is 1.48 bits per heavy atom. The molecule has 1 saturated carbocycles. The van der Waals surface area contributed by atoms with Gasteiger partial charge in [-0.2, -0.15) is 0 Å². The van der Waals surface area contributed by atoms with E-state index in [4.69, 9.17) is 5.73 Å². The zero-order valence-electron chi connectivity index (χ0n) is 11.9. The molecule has 4 nitrogen and oxygen atoms in total. The van der Waals surface area contributed by atoms with Gasteiger partial charge in [-0.3, -0.25) is 0 Å². The van der Waals surface area contributed by atoms with Crippen molar-refractivity contribution in [2.24, 2.45) is 17.6 Å². The minimum Gasteiger partial charge on any atom is -0.320 e. The number of nitrogens with one attached hydrogen (secondary N) is 1. The Balaban J connectivity index is 2.10. The molecule has 1 aromatic carbocycles. The van der Waals surface area contributed by atoms with Crippen LogP contribution in [0.5, 0.6) is 0 Å². The van der Waals surface area contributed by atoms with E-state index in [1.807, 2.05) is 6.92 Å². The van der Waals surface area contributed by atoms with E-state index in [0.717, 1.165) is 18.9 Å². The highest BCUT2D eigenvalue weighted by molar-refractivity contribution is 7.89. The van der Waals surface area contributed by atoms with Gasteiger partial charge in [0.05, 0.1) is 17.0 Å². The first-order valence-corrected chi connectivity index (χ1v) is 8.40. The zero-order chi connectivity index (χ0) is 15.5. The number of nitrogens with two attached hydrogens (primary N) is 1. The van der Waals surface area contributed by atoms with Crippen molar-refractivity contribution in [3.63, 3.8) is 0 Å². The molecule has 0 heterocycles. The molecule has 0 bridgehead atoms. The average molecular weight is 310 g/mol. The van der Waals surface area contributed by atoms with E-state index >= 15 is 0 Å². The molecule has 0 aromatic heterocycles. The molecule has 0 saturated heterocycles. The van der Waals surface area contributed by atoms with Crippen LogP contribution < -0.4 is 10.5 Å². The number of sulfonamides is 1. The first-order valence-electron chi connectivity index (χ1n) is 6.92. The van der Waals surface area contributed by atoms with Gasteiger partial charge < -0.3 is 5.73 Å². The Kier molecular flexibility index (Phi) is 4.99. The molecule has 1 aliphatic carbocycles. The van der Waals surface area contributed by atoms with Gasteiger partial charge in [-0.05, 0) is 42.9 Å². The van der Waals surface area contributed by atoms with Gasteiger partial charge in [-0.15, -0.1) is 0 Å². The SMILES string of the molecule is CC(CNS(=O)(=O)c1ccc(C#CCN)c(F)c1)C1CC1. The highest BCUT2D eigenvalue weighted by Crippen LogP contribution is 2.36. The minimum absolute atomic E-state index is 0.0821. The van der Waals surface area contributed by atoms with Crippen molar-refractivity contribution in [1.29, 1.82) is 0 Å². The first kappa shape index (κ1) is 16.0. The van der Waals surface area contributed by atoms with E-state index in [1.54, 1.807) is 0 Å². The van der Waals surface area contributed by atoms with Crippen LogP contribution in [-0.2, 0) is 10.0 Å². The Bertz CT molecular complexity index is 673. The van der Waals surface area contributed by atoms with Crippen molar-refractivity contribution in [2.75, 3.05) is 13.1 Å². The van der Waals surface area contributed by atoms with Gasteiger partial charge in [0.15, 0.2) is 0 Å². The predicted molar refractivity (Wildman–Crippen MR) is 79.4 cm³/mol. The molecule has 6 heteroatoms. The lowest BCUT2D eigenvalue weighted by atomic mass is 10.1. The average Bonchev–Trinajstić information content (AvgIpc) is 3.28. The van der Waals surface area contributed by atoms with E-state index in [0.29, 0.717) is 18.4 Å². The summed E-state index contributed by atoms with van der Waals surface area (Å²) in [6.07, 6.45) is 2.32. The maximum absolute atomic E-state index is 13.8. The van der Waals surface area contributed by atoms with Crippen molar-refractivity contribution in [3.05, 3.63) is 29.6 Å². The number of hydrogen-bond donors (Lipinski definition) is 2. The lowest BCUT2D eigenvalue weighted by molar-refractivity contribution is 0.491. The number of benzene rings is 1. The van der Waals surface area contributed by atoms with Crippen LogP contribution in [0.15, 0.2) is 23.1 Å². The topological polar surface area (TPSA) is 72.2 Å². The molecule has 0 amide bonds. The molecular weight excluding hydrogens is 291 g/mol. The lowest BCUT2D eigenvalue weighted by Gasteiger charge is -2.12. The number of rotatable bonds is 5. The fourth-order valence-electron chi connectivity index (χ4n) is 2.07. The fraction of sp³-hybridized carbons (Fsp3) is 0.467. The first-order chi connectivity index (χ1) is 9.94. The van der Waals surface area contributed by atoms with Crippen LogP contribution in [0.4, 0.5) is 4.39 Å². The van der Waals surface area contributed by atoms with Gasteiger partial charge >= 0.3 is 0 Å². The van der Waals surface area contributed by atoms with E-state index in [2.05, 4.69) is 16.6 Å². The molecule has 0 aliphatic heterocycles. The quantitative estimate of drug-likeness (QED) is 0.809. The Morgan fingerprint density at radius 3 is 2.76 bits per heavy atom. The molecular formula is C15H19FN2O2S. The summed E-state index contributed by atoms with van der Waals surface area (Å²) in [6.45, 7) is 2.52. The molecule has 1 aliphatic rings. The number of hydrogen-bond acceptors (Lipinski definition) is 3. The summed E-state index contributed by atoms with van der Waals surface area (Å²) >= 11 is 0.